The van der Waals surface area contributed by atoms with Gasteiger partial charge in [0.05, 0.1) is 66.6 Å². The van der Waals surface area contributed by atoms with Crippen molar-refractivity contribution in [2.75, 3.05) is 0 Å². The Bertz CT molecular complexity index is 7380. The van der Waals surface area contributed by atoms with Crippen LogP contribution >= 0.6 is 0 Å². The number of para-hydroxylation sites is 6. The second-order valence-corrected chi connectivity index (χ2v) is 27.7. The highest BCUT2D eigenvalue weighted by molar-refractivity contribution is 6.21. The zero-order valence-electron chi connectivity index (χ0n) is 57.2. The lowest BCUT2D eigenvalue weighted by Crippen LogP contribution is -1.98. The van der Waals surface area contributed by atoms with Gasteiger partial charge in [-0.2, -0.15) is 0 Å². The maximum atomic E-state index is 5.40. The average molecular weight is 1350 g/mol. The third-order valence-corrected chi connectivity index (χ3v) is 21.7. The largest absolute Gasteiger partial charge is 0.309 e. The highest BCUT2D eigenvalue weighted by Crippen LogP contribution is 2.45. The summed E-state index contributed by atoms with van der Waals surface area (Å²) in [5.74, 6) is 1.37. The number of fused-ring (bicyclic) bond motifs is 15. The molecule has 22 aromatic rings. The van der Waals surface area contributed by atoms with Gasteiger partial charge >= 0.3 is 0 Å². The highest BCUT2D eigenvalue weighted by atomic mass is 15.0. The van der Waals surface area contributed by atoms with E-state index in [1.54, 1.807) is 0 Å². The average Bonchev–Trinajstić information content (AvgIpc) is 1.56. The Morgan fingerprint density at radius 2 is 0.519 bits per heavy atom. The Kier molecular flexibility index (Phi) is 13.2. The SMILES string of the molecule is c1ccc(-c2nc(-c3cccc(-n4c5ccccc5c5cc6c(cc54)c4ccccc4n6-c4ccc(-c5cccc(-c6ccc7c(c6)c6cc8c(cc6n7-c6ccccc6)c6ccccc6n8-c6cccc(-c7nc(-c8ccc9ccccc9c8)c8ccccc8n7)c6)c5)cc4)c3)nc3ccccc23)cc1. The van der Waals surface area contributed by atoms with E-state index in [0.29, 0.717) is 11.6 Å². The van der Waals surface area contributed by atoms with Crippen LogP contribution in [0, 0.1) is 0 Å². The van der Waals surface area contributed by atoms with Crippen molar-refractivity contribution in [3.63, 3.8) is 0 Å². The lowest BCUT2D eigenvalue weighted by atomic mass is 9.97. The van der Waals surface area contributed by atoms with Gasteiger partial charge in [-0.25, -0.2) is 19.9 Å². The molecule has 8 heteroatoms. The molecular formula is C98H60N8. The monoisotopic (exact) mass is 1350 g/mol. The van der Waals surface area contributed by atoms with Crippen LogP contribution in [0.25, 0.3) is 210 Å². The van der Waals surface area contributed by atoms with Crippen LogP contribution in [0.15, 0.2) is 364 Å². The topological polar surface area (TPSA) is 71.3 Å². The van der Waals surface area contributed by atoms with Crippen LogP contribution in [0.3, 0.4) is 0 Å². The summed E-state index contributed by atoms with van der Waals surface area (Å²) in [7, 11) is 0. The summed E-state index contributed by atoms with van der Waals surface area (Å²) < 4.78 is 9.71. The van der Waals surface area contributed by atoms with Gasteiger partial charge in [0.15, 0.2) is 11.6 Å². The molecule has 0 fully saturated rings. The van der Waals surface area contributed by atoms with E-state index in [-0.39, 0.29) is 0 Å². The molecule has 0 spiro atoms. The molecule has 6 aromatic heterocycles. The number of nitrogens with zero attached hydrogens (tertiary/aromatic N) is 8. The van der Waals surface area contributed by atoms with Crippen LogP contribution in [-0.2, 0) is 0 Å². The normalized spacial score (nSPS) is 12.0. The first-order valence-electron chi connectivity index (χ1n) is 36.1. The van der Waals surface area contributed by atoms with E-state index in [1.807, 2.05) is 12.1 Å². The lowest BCUT2D eigenvalue weighted by Gasteiger charge is -2.12. The van der Waals surface area contributed by atoms with Gasteiger partial charge in [-0.05, 0) is 160 Å². The van der Waals surface area contributed by atoms with Crippen LogP contribution < -0.4 is 0 Å². The van der Waals surface area contributed by atoms with Gasteiger partial charge in [0.1, 0.15) is 0 Å². The summed E-state index contributed by atoms with van der Waals surface area (Å²) in [5.41, 5.74) is 25.6. The van der Waals surface area contributed by atoms with E-state index in [0.717, 1.165) is 145 Å². The van der Waals surface area contributed by atoms with Crippen molar-refractivity contribution in [1.82, 2.24) is 38.2 Å². The molecule has 0 radical (unpaired) electrons. The van der Waals surface area contributed by atoms with Crippen molar-refractivity contribution in [3.05, 3.63) is 364 Å². The third-order valence-electron chi connectivity index (χ3n) is 21.7. The highest BCUT2D eigenvalue weighted by Gasteiger charge is 2.24. The fraction of sp³-hybridized carbons (Fsp3) is 0. The van der Waals surface area contributed by atoms with Crippen molar-refractivity contribution in [2.45, 2.75) is 0 Å². The molecule has 22 rings (SSSR count). The van der Waals surface area contributed by atoms with Crippen molar-refractivity contribution in [1.29, 1.82) is 0 Å². The molecule has 16 aromatic carbocycles. The van der Waals surface area contributed by atoms with Crippen molar-refractivity contribution < 1.29 is 0 Å². The summed E-state index contributed by atoms with van der Waals surface area (Å²) in [6, 6.07) is 132. The minimum absolute atomic E-state index is 0.681. The number of aromatic nitrogens is 8. The second kappa shape index (κ2) is 23.6. The minimum Gasteiger partial charge on any atom is -0.309 e. The van der Waals surface area contributed by atoms with Gasteiger partial charge in [-0.1, -0.05) is 237 Å². The predicted octanol–water partition coefficient (Wildman–Crippen LogP) is 25.1. The standard InChI is InChI=1S/C98H60N8/c1-3-23-63(24-4-1)95-78-37-9-14-39-85(78)99-97(101-95)69-28-20-32-73(54-69)105-88-42-17-12-35-76(88)82-57-91-81(58-92(82)105)75-34-11-16-41-87(75)104(91)72-49-46-62(47-50-72)65-26-19-27-66(52-65)67-48-51-90-80(56-67)84-60-93-83(59-94(84)103(90)71-30-5-2-6-31-71)77-36-13-18-43-89(77)106(93)74-33-21-29-70(55-74)98-100-86-40-15-10-38-79(86)96(102-98)68-45-44-61-22-7-8-25-64(61)53-68/h1-60H. The fourth-order valence-corrected chi connectivity index (χ4v) is 16.8. The summed E-state index contributed by atoms with van der Waals surface area (Å²) in [4.78, 5) is 21.1. The molecule has 0 saturated heterocycles. The molecule has 0 amide bonds. The minimum atomic E-state index is 0.681. The molecule has 0 aliphatic carbocycles. The van der Waals surface area contributed by atoms with E-state index in [9.17, 15) is 0 Å². The van der Waals surface area contributed by atoms with Gasteiger partial charge in [-0.15, -0.1) is 0 Å². The van der Waals surface area contributed by atoms with E-state index < -0.39 is 0 Å². The molecule has 0 bridgehead atoms. The van der Waals surface area contributed by atoms with Crippen LogP contribution in [0.5, 0.6) is 0 Å². The maximum Gasteiger partial charge on any atom is 0.160 e. The number of hydrogen-bond acceptors (Lipinski definition) is 4. The number of hydrogen-bond donors (Lipinski definition) is 0. The molecule has 0 unspecified atom stereocenters. The van der Waals surface area contributed by atoms with Gasteiger partial charge < -0.3 is 18.3 Å². The third kappa shape index (κ3) is 9.41. The van der Waals surface area contributed by atoms with E-state index in [2.05, 4.69) is 370 Å². The lowest BCUT2D eigenvalue weighted by molar-refractivity contribution is 1.17. The Labute approximate surface area is 608 Å². The summed E-state index contributed by atoms with van der Waals surface area (Å²) in [6.45, 7) is 0. The van der Waals surface area contributed by atoms with Gasteiger partial charge in [0.25, 0.3) is 0 Å². The van der Waals surface area contributed by atoms with E-state index in [4.69, 9.17) is 19.9 Å². The molecule has 106 heavy (non-hydrogen) atoms. The van der Waals surface area contributed by atoms with Gasteiger partial charge in [0.2, 0.25) is 0 Å². The van der Waals surface area contributed by atoms with E-state index >= 15 is 0 Å². The Morgan fingerprint density at radius 3 is 1.08 bits per heavy atom. The number of rotatable bonds is 10. The van der Waals surface area contributed by atoms with Crippen LogP contribution in [0.2, 0.25) is 0 Å². The molecule has 0 aliphatic heterocycles. The molecule has 0 aliphatic rings. The van der Waals surface area contributed by atoms with Crippen molar-refractivity contribution in [3.8, 4) is 90.3 Å². The molecule has 492 valence electrons. The van der Waals surface area contributed by atoms with Gasteiger partial charge in [0, 0.05) is 98.9 Å². The molecular weight excluding hydrogens is 1290 g/mol. The first-order valence-corrected chi connectivity index (χ1v) is 36.1. The van der Waals surface area contributed by atoms with Crippen molar-refractivity contribution in [2.24, 2.45) is 0 Å². The maximum absolute atomic E-state index is 5.40. The van der Waals surface area contributed by atoms with Crippen LogP contribution in [0.4, 0.5) is 0 Å². The molecule has 0 atom stereocenters. The zero-order valence-corrected chi connectivity index (χ0v) is 57.2. The molecule has 6 heterocycles. The van der Waals surface area contributed by atoms with Crippen LogP contribution in [0.1, 0.15) is 0 Å². The molecule has 0 saturated carbocycles. The smallest absolute Gasteiger partial charge is 0.160 e. The summed E-state index contributed by atoms with van der Waals surface area (Å²) in [6.07, 6.45) is 0. The first-order chi connectivity index (χ1) is 52.5. The Morgan fingerprint density at radius 1 is 0.160 bits per heavy atom. The zero-order chi connectivity index (χ0) is 69.5. The fourth-order valence-electron chi connectivity index (χ4n) is 16.8. The first kappa shape index (κ1) is 59.4. The van der Waals surface area contributed by atoms with Gasteiger partial charge in [-0.3, -0.25) is 0 Å². The quantitative estimate of drug-likeness (QED) is 0.137. The molecule has 0 N–H and O–H groups in total. The summed E-state index contributed by atoms with van der Waals surface area (Å²) >= 11 is 0. The summed E-state index contributed by atoms with van der Waals surface area (Å²) in [5, 5.41) is 13.9. The number of benzene rings is 16. The molecule has 8 nitrogen and oxygen atoms in total. The van der Waals surface area contributed by atoms with Crippen molar-refractivity contribution >= 4 is 120 Å². The Hall–Kier alpha value is -14.3. The Balaban J connectivity index is 0.633. The van der Waals surface area contributed by atoms with E-state index in [1.165, 1.54) is 53.9 Å². The van der Waals surface area contributed by atoms with Crippen LogP contribution in [-0.4, -0.2) is 38.2 Å². The predicted molar refractivity (Wildman–Crippen MR) is 440 cm³/mol. The second-order valence-electron chi connectivity index (χ2n) is 27.7.